The van der Waals surface area contributed by atoms with Crippen LogP contribution in [-0.4, -0.2) is 17.5 Å². The lowest BCUT2D eigenvalue weighted by atomic mass is 9.83. The first-order valence-corrected chi connectivity index (χ1v) is 9.47. The number of hydrogen-bond acceptors (Lipinski definition) is 3. The molecule has 0 radical (unpaired) electrons. The molecule has 3 aromatic carbocycles. The second-order valence-electron chi connectivity index (χ2n) is 6.42. The van der Waals surface area contributed by atoms with E-state index in [1.165, 1.54) is 6.08 Å². The van der Waals surface area contributed by atoms with Gasteiger partial charge in [-0.25, -0.2) is 0 Å². The van der Waals surface area contributed by atoms with Gasteiger partial charge in [0.25, 0.3) is 0 Å². The third-order valence-electron chi connectivity index (χ3n) is 4.59. The third kappa shape index (κ3) is 3.60. The molecule has 1 amide bonds. The maximum Gasteiger partial charge on any atom is 0.248 e. The summed E-state index contributed by atoms with van der Waals surface area (Å²) < 4.78 is 0. The smallest absolute Gasteiger partial charge is 0.248 e. The van der Waals surface area contributed by atoms with Gasteiger partial charge in [0, 0.05) is 32.8 Å². The van der Waals surface area contributed by atoms with Crippen LogP contribution in [0.5, 0.6) is 0 Å². The summed E-state index contributed by atoms with van der Waals surface area (Å²) in [5.41, 5.74) is 2.08. The number of amides is 1. The van der Waals surface area contributed by atoms with Crippen molar-refractivity contribution < 1.29 is 14.4 Å². The molecule has 0 unspecified atom stereocenters. The van der Waals surface area contributed by atoms with Gasteiger partial charge in [0.05, 0.1) is 11.3 Å². The molecule has 1 aliphatic rings. The first-order chi connectivity index (χ1) is 14.0. The number of rotatable bonds is 3. The van der Waals surface area contributed by atoms with Gasteiger partial charge in [0.15, 0.2) is 11.6 Å². The number of halogens is 2. The van der Waals surface area contributed by atoms with Crippen molar-refractivity contribution in [2.75, 3.05) is 5.32 Å². The van der Waals surface area contributed by atoms with E-state index in [4.69, 9.17) is 23.2 Å². The summed E-state index contributed by atoms with van der Waals surface area (Å²) in [7, 11) is 0. The van der Waals surface area contributed by atoms with E-state index in [2.05, 4.69) is 5.32 Å². The monoisotopic (exact) mass is 421 g/mol. The molecule has 1 N–H and O–H groups in total. The molecule has 0 heterocycles. The summed E-state index contributed by atoms with van der Waals surface area (Å²) in [6.45, 7) is 0. The van der Waals surface area contributed by atoms with Crippen LogP contribution in [-0.2, 0) is 4.79 Å². The Labute approximate surface area is 176 Å². The first-order valence-electron chi connectivity index (χ1n) is 8.71. The zero-order chi connectivity index (χ0) is 20.5. The van der Waals surface area contributed by atoms with Gasteiger partial charge < -0.3 is 5.32 Å². The topological polar surface area (TPSA) is 63.2 Å². The standard InChI is InChI=1S/C23H13Cl2NO3/c24-14-10-8-13(18(25)12-14)9-11-20(27)26-19-7-3-6-17-21(19)23(29)16-5-2-1-4-15(16)22(17)28/h1-12H,(H,26,27)/b11-9-. The van der Waals surface area contributed by atoms with Gasteiger partial charge in [0.1, 0.15) is 0 Å². The quantitative estimate of drug-likeness (QED) is 0.449. The van der Waals surface area contributed by atoms with Crippen molar-refractivity contribution in [2.24, 2.45) is 0 Å². The fourth-order valence-electron chi connectivity index (χ4n) is 3.23. The van der Waals surface area contributed by atoms with Gasteiger partial charge in [0.2, 0.25) is 5.91 Å². The van der Waals surface area contributed by atoms with Crippen molar-refractivity contribution in [1.82, 2.24) is 0 Å². The molecular weight excluding hydrogens is 409 g/mol. The highest BCUT2D eigenvalue weighted by atomic mass is 35.5. The fourth-order valence-corrected chi connectivity index (χ4v) is 3.70. The summed E-state index contributed by atoms with van der Waals surface area (Å²) in [6, 6.07) is 16.4. The van der Waals surface area contributed by atoms with Crippen LogP contribution in [0.1, 0.15) is 37.4 Å². The molecule has 0 spiro atoms. The average molecular weight is 422 g/mol. The molecular formula is C23H13Cl2NO3. The van der Waals surface area contributed by atoms with Crippen LogP contribution >= 0.6 is 23.2 Å². The highest BCUT2D eigenvalue weighted by Gasteiger charge is 2.31. The van der Waals surface area contributed by atoms with Crippen LogP contribution in [0.2, 0.25) is 10.0 Å². The largest absolute Gasteiger partial charge is 0.322 e. The van der Waals surface area contributed by atoms with Gasteiger partial charge in [-0.1, -0.05) is 65.7 Å². The molecule has 0 aromatic heterocycles. The molecule has 0 fully saturated rings. The van der Waals surface area contributed by atoms with Gasteiger partial charge in [-0.2, -0.15) is 0 Å². The molecule has 0 atom stereocenters. The Kier molecular flexibility index (Phi) is 5.05. The van der Waals surface area contributed by atoms with E-state index in [-0.39, 0.29) is 28.4 Å². The number of fused-ring (bicyclic) bond motifs is 2. The SMILES string of the molecule is O=C(/C=C\c1ccc(Cl)cc1Cl)Nc1cccc2c1C(=O)c1ccccc1C2=O. The molecule has 0 aliphatic heterocycles. The Morgan fingerprint density at radius 2 is 1.52 bits per heavy atom. The zero-order valence-corrected chi connectivity index (χ0v) is 16.4. The summed E-state index contributed by atoms with van der Waals surface area (Å²) in [4.78, 5) is 38.1. The molecule has 0 bridgehead atoms. The van der Waals surface area contributed by atoms with Gasteiger partial charge in [-0.15, -0.1) is 0 Å². The predicted molar refractivity (Wildman–Crippen MR) is 114 cm³/mol. The molecule has 6 heteroatoms. The van der Waals surface area contributed by atoms with Crippen molar-refractivity contribution in [3.05, 3.63) is 105 Å². The van der Waals surface area contributed by atoms with Crippen molar-refractivity contribution in [3.63, 3.8) is 0 Å². The van der Waals surface area contributed by atoms with Crippen LogP contribution < -0.4 is 5.32 Å². The minimum atomic E-state index is -0.455. The van der Waals surface area contributed by atoms with E-state index in [0.717, 1.165) is 0 Å². The molecule has 4 rings (SSSR count). The fraction of sp³-hybridized carbons (Fsp3) is 0. The highest BCUT2D eigenvalue weighted by molar-refractivity contribution is 6.35. The van der Waals surface area contributed by atoms with Crippen LogP contribution in [0.3, 0.4) is 0 Å². The van der Waals surface area contributed by atoms with Crippen LogP contribution in [0.25, 0.3) is 6.08 Å². The summed E-state index contributed by atoms with van der Waals surface area (Å²) in [5.74, 6) is -0.992. The van der Waals surface area contributed by atoms with E-state index in [1.807, 2.05) is 0 Å². The minimum Gasteiger partial charge on any atom is -0.322 e. The molecule has 4 nitrogen and oxygen atoms in total. The molecule has 29 heavy (non-hydrogen) atoms. The molecule has 1 aliphatic carbocycles. The van der Waals surface area contributed by atoms with Crippen molar-refractivity contribution >= 4 is 52.4 Å². The summed E-state index contributed by atoms with van der Waals surface area (Å²) in [5, 5.41) is 3.59. The lowest BCUT2D eigenvalue weighted by molar-refractivity contribution is -0.111. The maximum absolute atomic E-state index is 13.0. The number of ketones is 2. The Bertz CT molecular complexity index is 1210. The summed E-state index contributed by atoms with van der Waals surface area (Å²) >= 11 is 12.0. The number of carbonyl (C=O) groups is 3. The molecule has 3 aromatic rings. The Morgan fingerprint density at radius 3 is 2.24 bits per heavy atom. The lowest BCUT2D eigenvalue weighted by Crippen LogP contribution is -2.23. The molecule has 142 valence electrons. The maximum atomic E-state index is 13.0. The minimum absolute atomic E-state index is 0.197. The Morgan fingerprint density at radius 1 is 0.828 bits per heavy atom. The molecule has 0 saturated heterocycles. The lowest BCUT2D eigenvalue weighted by Gasteiger charge is -2.20. The van der Waals surface area contributed by atoms with Gasteiger partial charge in [-0.3, -0.25) is 14.4 Å². The normalized spacial score (nSPS) is 12.6. The number of benzene rings is 3. The average Bonchev–Trinajstić information content (AvgIpc) is 2.71. The Hall–Kier alpha value is -3.21. The molecule has 0 saturated carbocycles. The van der Waals surface area contributed by atoms with Gasteiger partial charge >= 0.3 is 0 Å². The second-order valence-corrected chi connectivity index (χ2v) is 7.26. The zero-order valence-electron chi connectivity index (χ0n) is 14.9. The number of nitrogens with one attached hydrogen (secondary N) is 1. The summed E-state index contributed by atoms with van der Waals surface area (Å²) in [6.07, 6.45) is 2.85. The van der Waals surface area contributed by atoms with Crippen LogP contribution in [0.15, 0.2) is 66.7 Å². The third-order valence-corrected chi connectivity index (χ3v) is 5.15. The van der Waals surface area contributed by atoms with Crippen LogP contribution in [0.4, 0.5) is 5.69 Å². The van der Waals surface area contributed by atoms with E-state index >= 15 is 0 Å². The van der Waals surface area contributed by atoms with Crippen LogP contribution in [0, 0.1) is 0 Å². The van der Waals surface area contributed by atoms with Gasteiger partial charge in [-0.05, 0) is 29.8 Å². The first kappa shape index (κ1) is 19.1. The predicted octanol–water partition coefficient (Wildman–Crippen LogP) is 5.42. The Balaban J connectivity index is 1.64. The number of hydrogen-bond donors (Lipinski definition) is 1. The van der Waals surface area contributed by atoms with E-state index in [9.17, 15) is 14.4 Å². The van der Waals surface area contributed by atoms with E-state index < -0.39 is 5.91 Å². The van der Waals surface area contributed by atoms with E-state index in [0.29, 0.717) is 26.7 Å². The van der Waals surface area contributed by atoms with Crippen molar-refractivity contribution in [2.45, 2.75) is 0 Å². The second kappa shape index (κ2) is 7.66. The van der Waals surface area contributed by atoms with E-state index in [1.54, 1.807) is 66.7 Å². The van der Waals surface area contributed by atoms with Crippen molar-refractivity contribution in [1.29, 1.82) is 0 Å². The number of anilines is 1. The highest BCUT2D eigenvalue weighted by Crippen LogP contribution is 2.32. The number of carbonyl (C=O) groups excluding carboxylic acids is 3. The van der Waals surface area contributed by atoms with Crippen molar-refractivity contribution in [3.8, 4) is 0 Å².